The van der Waals surface area contributed by atoms with Crippen molar-refractivity contribution < 1.29 is 19.4 Å². The summed E-state index contributed by atoms with van der Waals surface area (Å²) in [5, 5.41) is 10.3. The second kappa shape index (κ2) is 11.6. The second-order valence-electron chi connectivity index (χ2n) is 9.93. The van der Waals surface area contributed by atoms with E-state index in [0.717, 1.165) is 22.3 Å². The average molecular weight is 493 g/mol. The third-order valence-corrected chi connectivity index (χ3v) is 6.00. The first-order chi connectivity index (χ1) is 17.8. The molecule has 0 fully saturated rings. The molecule has 0 unspecified atom stereocenters. The van der Waals surface area contributed by atoms with Gasteiger partial charge in [-0.3, -0.25) is 4.79 Å². The van der Waals surface area contributed by atoms with Crippen molar-refractivity contribution in [2.75, 3.05) is 0 Å². The molecule has 4 rings (SSSR count). The molecule has 0 atom stereocenters. The van der Waals surface area contributed by atoms with Gasteiger partial charge in [0.2, 0.25) is 0 Å². The maximum Gasteiger partial charge on any atom is 0.189 e. The number of benzene rings is 4. The summed E-state index contributed by atoms with van der Waals surface area (Å²) >= 11 is 0. The van der Waals surface area contributed by atoms with Crippen LogP contribution < -0.4 is 9.47 Å². The maximum absolute atomic E-state index is 12.9. The van der Waals surface area contributed by atoms with E-state index in [2.05, 4.69) is 20.8 Å². The zero-order valence-corrected chi connectivity index (χ0v) is 21.5. The molecule has 4 aromatic rings. The molecule has 1 N–H and O–H groups in total. The van der Waals surface area contributed by atoms with Crippen LogP contribution in [0.2, 0.25) is 0 Å². The van der Waals surface area contributed by atoms with Crippen LogP contribution in [0.5, 0.6) is 17.2 Å². The highest BCUT2D eigenvalue weighted by Gasteiger charge is 2.17. The molecule has 4 heteroatoms. The van der Waals surface area contributed by atoms with Gasteiger partial charge in [-0.25, -0.2) is 0 Å². The van der Waals surface area contributed by atoms with Gasteiger partial charge >= 0.3 is 0 Å². The minimum Gasteiger partial charge on any atom is -0.507 e. The smallest absolute Gasteiger partial charge is 0.189 e. The van der Waals surface area contributed by atoms with Gasteiger partial charge in [0.15, 0.2) is 17.3 Å². The topological polar surface area (TPSA) is 55.8 Å². The Kier molecular flexibility index (Phi) is 8.09. The molecule has 188 valence electrons. The fourth-order valence-electron chi connectivity index (χ4n) is 3.79. The second-order valence-corrected chi connectivity index (χ2v) is 9.93. The minimum absolute atomic E-state index is 0.0285. The molecule has 4 aromatic carbocycles. The summed E-state index contributed by atoms with van der Waals surface area (Å²) in [6, 6.07) is 30.7. The molecule has 0 bridgehead atoms. The molecule has 0 spiro atoms. The largest absolute Gasteiger partial charge is 0.507 e. The Bertz CT molecular complexity index is 1370. The summed E-state index contributed by atoms with van der Waals surface area (Å²) < 4.78 is 12.2. The first kappa shape index (κ1) is 25.8. The average Bonchev–Trinajstić information content (AvgIpc) is 2.90. The van der Waals surface area contributed by atoms with E-state index in [0.29, 0.717) is 24.7 Å². The third kappa shape index (κ3) is 7.11. The van der Waals surface area contributed by atoms with Crippen LogP contribution in [0.15, 0.2) is 103 Å². The highest BCUT2D eigenvalue weighted by molar-refractivity contribution is 6.08. The van der Waals surface area contributed by atoms with Crippen molar-refractivity contribution in [3.63, 3.8) is 0 Å². The number of aromatic hydroxyl groups is 1. The van der Waals surface area contributed by atoms with E-state index in [9.17, 15) is 9.90 Å². The number of phenols is 1. The van der Waals surface area contributed by atoms with Crippen LogP contribution in [0.3, 0.4) is 0 Å². The number of ether oxygens (including phenoxy) is 2. The molecule has 0 saturated carbocycles. The molecule has 0 aliphatic rings. The van der Waals surface area contributed by atoms with Crippen LogP contribution in [0.1, 0.15) is 53.4 Å². The van der Waals surface area contributed by atoms with Crippen molar-refractivity contribution in [3.8, 4) is 17.2 Å². The highest BCUT2D eigenvalue weighted by atomic mass is 16.5. The van der Waals surface area contributed by atoms with Crippen molar-refractivity contribution in [3.05, 3.63) is 131 Å². The third-order valence-electron chi connectivity index (χ3n) is 6.00. The Hall–Kier alpha value is -4.31. The standard InChI is InChI=1S/C33H32O4/c1-33(2,3)27-16-18-30(35)28(21-27)29(34)17-14-24-15-19-31(36-22-25-10-6-4-7-11-25)32(20-24)37-23-26-12-8-5-9-13-26/h4-21,35H,22-23H2,1-3H3/b17-14+. The van der Waals surface area contributed by atoms with E-state index in [-0.39, 0.29) is 22.5 Å². The van der Waals surface area contributed by atoms with E-state index in [4.69, 9.17) is 9.47 Å². The van der Waals surface area contributed by atoms with Crippen LogP contribution in [0, 0.1) is 0 Å². The molecular weight excluding hydrogens is 460 g/mol. The van der Waals surface area contributed by atoms with Crippen LogP contribution in [0.25, 0.3) is 6.08 Å². The zero-order valence-electron chi connectivity index (χ0n) is 21.5. The van der Waals surface area contributed by atoms with E-state index < -0.39 is 0 Å². The van der Waals surface area contributed by atoms with Gasteiger partial charge in [-0.05, 0) is 58.0 Å². The molecule has 0 heterocycles. The SMILES string of the molecule is CC(C)(C)c1ccc(O)c(C(=O)/C=C/c2ccc(OCc3ccccc3)c(OCc3ccccc3)c2)c1. The van der Waals surface area contributed by atoms with Crippen molar-refractivity contribution in [1.29, 1.82) is 0 Å². The summed E-state index contributed by atoms with van der Waals surface area (Å²) in [7, 11) is 0. The predicted molar refractivity (Wildman–Crippen MR) is 148 cm³/mol. The lowest BCUT2D eigenvalue weighted by Crippen LogP contribution is -2.12. The van der Waals surface area contributed by atoms with Crippen molar-refractivity contribution in [2.24, 2.45) is 0 Å². The first-order valence-corrected chi connectivity index (χ1v) is 12.3. The quantitative estimate of drug-likeness (QED) is 0.192. The highest BCUT2D eigenvalue weighted by Crippen LogP contribution is 2.31. The molecule has 4 nitrogen and oxygen atoms in total. The summed E-state index contributed by atoms with van der Waals surface area (Å²) in [6.45, 7) is 7.02. The van der Waals surface area contributed by atoms with Crippen molar-refractivity contribution >= 4 is 11.9 Å². The Balaban J connectivity index is 1.55. The van der Waals surface area contributed by atoms with Gasteiger partial charge in [0.25, 0.3) is 0 Å². The molecule has 0 saturated heterocycles. The minimum atomic E-state index is -0.264. The summed E-state index contributed by atoms with van der Waals surface area (Å²) in [6.07, 6.45) is 3.20. The number of carbonyl (C=O) groups is 1. The van der Waals surface area contributed by atoms with Crippen molar-refractivity contribution in [2.45, 2.75) is 39.4 Å². The summed E-state index contributed by atoms with van der Waals surface area (Å²) in [4.78, 5) is 12.9. The number of phenolic OH excluding ortho intramolecular Hbond substituents is 1. The molecule has 0 aliphatic carbocycles. The maximum atomic E-state index is 12.9. The lowest BCUT2D eigenvalue weighted by Gasteiger charge is -2.19. The van der Waals surface area contributed by atoms with Crippen LogP contribution >= 0.6 is 0 Å². The van der Waals surface area contributed by atoms with Crippen LogP contribution in [0.4, 0.5) is 0 Å². The monoisotopic (exact) mass is 492 g/mol. The van der Waals surface area contributed by atoms with Crippen LogP contribution in [-0.4, -0.2) is 10.9 Å². The van der Waals surface area contributed by atoms with Crippen LogP contribution in [-0.2, 0) is 18.6 Å². The Morgan fingerprint density at radius 3 is 1.95 bits per heavy atom. The first-order valence-electron chi connectivity index (χ1n) is 12.3. The van der Waals surface area contributed by atoms with Gasteiger partial charge in [0, 0.05) is 0 Å². The number of carbonyl (C=O) groups excluding carboxylic acids is 1. The van der Waals surface area contributed by atoms with E-state index >= 15 is 0 Å². The molecule has 0 amide bonds. The Morgan fingerprint density at radius 1 is 0.757 bits per heavy atom. The number of allylic oxidation sites excluding steroid dienone is 1. The number of hydrogen-bond donors (Lipinski definition) is 1. The normalized spacial score (nSPS) is 11.4. The number of rotatable bonds is 9. The van der Waals surface area contributed by atoms with E-state index in [1.165, 1.54) is 6.08 Å². The van der Waals surface area contributed by atoms with Gasteiger partial charge < -0.3 is 14.6 Å². The summed E-state index contributed by atoms with van der Waals surface area (Å²) in [5.74, 6) is 0.921. The van der Waals surface area contributed by atoms with Gasteiger partial charge in [-0.1, -0.05) is 99.6 Å². The molecule has 37 heavy (non-hydrogen) atoms. The Labute approximate surface area is 218 Å². The molecule has 0 aromatic heterocycles. The van der Waals surface area contributed by atoms with Gasteiger partial charge in [0.05, 0.1) is 5.56 Å². The lowest BCUT2D eigenvalue weighted by atomic mass is 9.85. The molecule has 0 radical (unpaired) electrons. The van der Waals surface area contributed by atoms with E-state index in [1.807, 2.05) is 84.9 Å². The molecular formula is C33H32O4. The van der Waals surface area contributed by atoms with Gasteiger partial charge in [-0.2, -0.15) is 0 Å². The molecule has 0 aliphatic heterocycles. The summed E-state index contributed by atoms with van der Waals surface area (Å²) in [5.41, 5.74) is 4.03. The number of hydrogen-bond acceptors (Lipinski definition) is 4. The zero-order chi connectivity index (χ0) is 26.3. The predicted octanol–water partition coefficient (Wildman–Crippen LogP) is 7.74. The van der Waals surface area contributed by atoms with Crippen molar-refractivity contribution in [1.82, 2.24) is 0 Å². The lowest BCUT2D eigenvalue weighted by molar-refractivity contribution is 0.104. The Morgan fingerprint density at radius 2 is 1.35 bits per heavy atom. The van der Waals surface area contributed by atoms with Gasteiger partial charge in [-0.15, -0.1) is 0 Å². The van der Waals surface area contributed by atoms with Gasteiger partial charge in [0.1, 0.15) is 19.0 Å². The van der Waals surface area contributed by atoms with E-state index in [1.54, 1.807) is 18.2 Å². The fourth-order valence-corrected chi connectivity index (χ4v) is 3.79. The fraction of sp³-hybridized carbons (Fsp3) is 0.182. The number of ketones is 1.